The van der Waals surface area contributed by atoms with Crippen LogP contribution in [0.25, 0.3) is 28.2 Å². The first-order chi connectivity index (χ1) is 16.4. The number of nitrogens with zero attached hydrogens (tertiary/aromatic N) is 3. The molecule has 0 radical (unpaired) electrons. The lowest BCUT2D eigenvalue weighted by Crippen LogP contribution is -2.50. The molecule has 1 aromatic heterocycles. The quantitative estimate of drug-likeness (QED) is 0.423. The minimum atomic E-state index is -0.328. The monoisotopic (exact) mass is 497 g/mol. The number of pyridine rings is 1. The SMILES string of the molecule is C=Cc1c(-c2ccc(Cl)cc2)nc2cc(C(=O)N3CCN(C(=O)OCCC)CC3)ccc2c1Cl. The third-order valence-corrected chi connectivity index (χ3v) is 6.44. The average molecular weight is 498 g/mol. The number of benzene rings is 2. The Labute approximate surface area is 208 Å². The van der Waals surface area contributed by atoms with Crippen molar-refractivity contribution in [3.05, 3.63) is 70.2 Å². The highest BCUT2D eigenvalue weighted by Crippen LogP contribution is 2.35. The van der Waals surface area contributed by atoms with E-state index in [4.69, 9.17) is 32.9 Å². The first-order valence-electron chi connectivity index (χ1n) is 11.2. The Kier molecular flexibility index (Phi) is 7.39. The van der Waals surface area contributed by atoms with Gasteiger partial charge in [0.05, 0.1) is 22.8 Å². The van der Waals surface area contributed by atoms with Gasteiger partial charge in [-0.2, -0.15) is 0 Å². The number of hydrogen-bond donors (Lipinski definition) is 0. The van der Waals surface area contributed by atoms with Gasteiger partial charge in [0.1, 0.15) is 0 Å². The smallest absolute Gasteiger partial charge is 0.409 e. The normalized spacial score (nSPS) is 13.7. The number of ether oxygens (including phenoxy) is 1. The molecule has 0 N–H and O–H groups in total. The highest BCUT2D eigenvalue weighted by molar-refractivity contribution is 6.37. The van der Waals surface area contributed by atoms with E-state index in [0.29, 0.717) is 59.6 Å². The van der Waals surface area contributed by atoms with Gasteiger partial charge in [-0.15, -0.1) is 0 Å². The predicted molar refractivity (Wildman–Crippen MR) is 136 cm³/mol. The van der Waals surface area contributed by atoms with Crippen molar-refractivity contribution in [2.24, 2.45) is 0 Å². The van der Waals surface area contributed by atoms with E-state index in [0.717, 1.165) is 22.9 Å². The first kappa shape index (κ1) is 24.0. The van der Waals surface area contributed by atoms with E-state index in [1.54, 1.807) is 40.1 Å². The van der Waals surface area contributed by atoms with Crippen LogP contribution in [0.15, 0.2) is 49.0 Å². The molecule has 2 aromatic carbocycles. The van der Waals surface area contributed by atoms with Gasteiger partial charge in [0.15, 0.2) is 0 Å². The fourth-order valence-electron chi connectivity index (χ4n) is 3.94. The third-order valence-electron chi connectivity index (χ3n) is 5.78. The summed E-state index contributed by atoms with van der Waals surface area (Å²) in [6, 6.07) is 12.7. The van der Waals surface area contributed by atoms with Crippen molar-refractivity contribution in [3.8, 4) is 11.3 Å². The zero-order valence-corrected chi connectivity index (χ0v) is 20.4. The summed E-state index contributed by atoms with van der Waals surface area (Å²) >= 11 is 12.7. The summed E-state index contributed by atoms with van der Waals surface area (Å²) in [6.45, 7) is 8.01. The molecule has 4 rings (SSSR count). The number of carbonyl (C=O) groups is 2. The summed E-state index contributed by atoms with van der Waals surface area (Å²) in [5.41, 5.74) is 3.39. The first-order valence-corrected chi connectivity index (χ1v) is 11.9. The molecule has 0 unspecified atom stereocenters. The lowest BCUT2D eigenvalue weighted by atomic mass is 10.0. The van der Waals surface area contributed by atoms with Gasteiger partial charge in [-0.05, 0) is 30.7 Å². The van der Waals surface area contributed by atoms with Crippen LogP contribution in [0.3, 0.4) is 0 Å². The fourth-order valence-corrected chi connectivity index (χ4v) is 4.39. The second-order valence-corrected chi connectivity index (χ2v) is 8.84. The zero-order chi connectivity index (χ0) is 24.2. The van der Waals surface area contributed by atoms with Gasteiger partial charge in [0, 0.05) is 53.3 Å². The molecule has 8 heteroatoms. The zero-order valence-electron chi connectivity index (χ0n) is 18.9. The van der Waals surface area contributed by atoms with E-state index in [-0.39, 0.29) is 12.0 Å². The minimum Gasteiger partial charge on any atom is -0.449 e. The molecule has 34 heavy (non-hydrogen) atoms. The number of carbonyl (C=O) groups excluding carboxylic acids is 2. The van der Waals surface area contributed by atoms with Gasteiger partial charge in [-0.3, -0.25) is 4.79 Å². The maximum Gasteiger partial charge on any atom is 0.409 e. The highest BCUT2D eigenvalue weighted by Gasteiger charge is 2.26. The van der Waals surface area contributed by atoms with Crippen molar-refractivity contribution in [1.82, 2.24) is 14.8 Å². The Bertz CT molecular complexity index is 1240. The Morgan fingerprint density at radius 3 is 2.38 bits per heavy atom. The largest absolute Gasteiger partial charge is 0.449 e. The molecule has 2 amide bonds. The number of halogens is 2. The fraction of sp³-hybridized carbons (Fsp3) is 0.269. The number of amides is 2. The molecule has 0 aliphatic carbocycles. The molecule has 176 valence electrons. The molecule has 0 bridgehead atoms. The maximum absolute atomic E-state index is 13.2. The summed E-state index contributed by atoms with van der Waals surface area (Å²) in [5.74, 6) is -0.109. The lowest BCUT2D eigenvalue weighted by Gasteiger charge is -2.34. The van der Waals surface area contributed by atoms with E-state index in [9.17, 15) is 9.59 Å². The van der Waals surface area contributed by atoms with Gasteiger partial charge in [0.2, 0.25) is 0 Å². The van der Waals surface area contributed by atoms with Crippen LogP contribution in [0.4, 0.5) is 4.79 Å². The Morgan fingerprint density at radius 1 is 1.06 bits per heavy atom. The van der Waals surface area contributed by atoms with Crippen LogP contribution < -0.4 is 0 Å². The van der Waals surface area contributed by atoms with Gasteiger partial charge in [-0.25, -0.2) is 9.78 Å². The van der Waals surface area contributed by atoms with E-state index in [1.165, 1.54) is 0 Å². The van der Waals surface area contributed by atoms with Crippen LogP contribution in [-0.4, -0.2) is 59.6 Å². The van der Waals surface area contributed by atoms with Gasteiger partial charge in [-0.1, -0.05) is 61.0 Å². The number of hydrogen-bond acceptors (Lipinski definition) is 4. The molecule has 2 heterocycles. The summed E-state index contributed by atoms with van der Waals surface area (Å²) < 4.78 is 5.19. The van der Waals surface area contributed by atoms with Crippen molar-refractivity contribution >= 4 is 52.2 Å². The van der Waals surface area contributed by atoms with Crippen molar-refractivity contribution in [1.29, 1.82) is 0 Å². The lowest BCUT2D eigenvalue weighted by molar-refractivity contribution is 0.0560. The van der Waals surface area contributed by atoms with Crippen LogP contribution >= 0.6 is 23.2 Å². The Balaban J connectivity index is 1.59. The minimum absolute atomic E-state index is 0.109. The molecule has 1 aliphatic rings. The van der Waals surface area contributed by atoms with Crippen LogP contribution in [0, 0.1) is 0 Å². The number of piperazine rings is 1. The van der Waals surface area contributed by atoms with Crippen LogP contribution in [-0.2, 0) is 4.74 Å². The van der Waals surface area contributed by atoms with Crippen molar-refractivity contribution in [2.45, 2.75) is 13.3 Å². The second kappa shape index (κ2) is 10.5. The third kappa shape index (κ3) is 4.88. The van der Waals surface area contributed by atoms with Crippen LogP contribution in [0.5, 0.6) is 0 Å². The van der Waals surface area contributed by atoms with Crippen molar-refractivity contribution in [2.75, 3.05) is 32.8 Å². The predicted octanol–water partition coefficient (Wildman–Crippen LogP) is 6.16. The molecule has 3 aromatic rings. The van der Waals surface area contributed by atoms with E-state index < -0.39 is 0 Å². The molecule has 0 saturated carbocycles. The highest BCUT2D eigenvalue weighted by atomic mass is 35.5. The Hall–Kier alpha value is -3.09. The maximum atomic E-state index is 13.2. The molecule has 0 atom stereocenters. The van der Waals surface area contributed by atoms with Gasteiger partial charge >= 0.3 is 6.09 Å². The molecular weight excluding hydrogens is 473 g/mol. The van der Waals surface area contributed by atoms with E-state index in [1.807, 2.05) is 25.1 Å². The van der Waals surface area contributed by atoms with Crippen molar-refractivity contribution in [3.63, 3.8) is 0 Å². The molecule has 0 spiro atoms. The molecule has 1 saturated heterocycles. The van der Waals surface area contributed by atoms with Gasteiger partial charge in [0.25, 0.3) is 5.91 Å². The summed E-state index contributed by atoms with van der Waals surface area (Å²) in [5, 5.41) is 1.90. The summed E-state index contributed by atoms with van der Waals surface area (Å²) in [6.07, 6.45) is 2.13. The second-order valence-electron chi connectivity index (χ2n) is 8.02. The van der Waals surface area contributed by atoms with E-state index in [2.05, 4.69) is 6.58 Å². The molecule has 1 fully saturated rings. The van der Waals surface area contributed by atoms with Crippen LogP contribution in [0.2, 0.25) is 10.0 Å². The number of aromatic nitrogens is 1. The van der Waals surface area contributed by atoms with E-state index >= 15 is 0 Å². The Morgan fingerprint density at radius 2 is 1.74 bits per heavy atom. The van der Waals surface area contributed by atoms with Gasteiger partial charge < -0.3 is 14.5 Å². The standard InChI is InChI=1S/C26H25Cl2N3O3/c1-3-15-34-26(33)31-13-11-30(12-14-31)25(32)18-7-10-21-22(16-18)29-24(20(4-2)23(21)28)17-5-8-19(27)9-6-17/h4-10,16H,2-3,11-15H2,1H3. The molecule has 6 nitrogen and oxygen atoms in total. The topological polar surface area (TPSA) is 62.7 Å². The summed E-state index contributed by atoms with van der Waals surface area (Å²) in [7, 11) is 0. The average Bonchev–Trinajstić information content (AvgIpc) is 2.87. The van der Waals surface area contributed by atoms with Crippen LogP contribution in [0.1, 0.15) is 29.3 Å². The molecular formula is C26H25Cl2N3O3. The molecule has 1 aliphatic heterocycles. The number of rotatable bonds is 5. The number of fused-ring (bicyclic) bond motifs is 1. The summed E-state index contributed by atoms with van der Waals surface area (Å²) in [4.78, 5) is 33.5. The van der Waals surface area contributed by atoms with Crippen molar-refractivity contribution < 1.29 is 14.3 Å².